The second-order valence-electron chi connectivity index (χ2n) is 7.49. The van der Waals surface area contributed by atoms with Gasteiger partial charge in [-0.3, -0.25) is 19.4 Å². The molecule has 0 saturated carbocycles. The maximum atomic E-state index is 13.1. The van der Waals surface area contributed by atoms with Gasteiger partial charge in [0.1, 0.15) is 18.1 Å². The minimum atomic E-state index is -1.07. The Morgan fingerprint density at radius 1 is 1.07 bits per heavy atom. The van der Waals surface area contributed by atoms with Crippen molar-refractivity contribution in [2.24, 2.45) is 22.2 Å². The molecular formula is C18H31N7O5. The van der Waals surface area contributed by atoms with E-state index in [0.29, 0.717) is 45.2 Å². The van der Waals surface area contributed by atoms with E-state index in [2.05, 4.69) is 10.3 Å². The van der Waals surface area contributed by atoms with Crippen LogP contribution in [0.4, 0.5) is 0 Å². The molecule has 3 atom stereocenters. The van der Waals surface area contributed by atoms with Crippen LogP contribution in [0.25, 0.3) is 0 Å². The minimum absolute atomic E-state index is 0.0747. The molecule has 0 aromatic rings. The molecule has 0 aliphatic carbocycles. The van der Waals surface area contributed by atoms with Gasteiger partial charge in [-0.15, -0.1) is 0 Å². The summed E-state index contributed by atoms with van der Waals surface area (Å²) in [6, 6.07) is -2.53. The van der Waals surface area contributed by atoms with E-state index in [1.165, 1.54) is 9.80 Å². The van der Waals surface area contributed by atoms with Crippen LogP contribution in [0, 0.1) is 0 Å². The zero-order chi connectivity index (χ0) is 22.3. The summed E-state index contributed by atoms with van der Waals surface area (Å²) >= 11 is 0. The van der Waals surface area contributed by atoms with Crippen molar-refractivity contribution in [3.63, 3.8) is 0 Å². The third-order valence-electron chi connectivity index (χ3n) is 5.43. The zero-order valence-corrected chi connectivity index (χ0v) is 17.0. The predicted molar refractivity (Wildman–Crippen MR) is 108 cm³/mol. The maximum absolute atomic E-state index is 13.1. The number of hydrogen-bond acceptors (Lipinski definition) is 6. The first-order valence-corrected chi connectivity index (χ1v) is 10.1. The third-order valence-corrected chi connectivity index (χ3v) is 5.43. The van der Waals surface area contributed by atoms with Gasteiger partial charge < -0.3 is 37.4 Å². The smallest absolute Gasteiger partial charge is 0.326 e. The first-order valence-electron chi connectivity index (χ1n) is 10.1. The van der Waals surface area contributed by atoms with Gasteiger partial charge in [0, 0.05) is 19.6 Å². The largest absolute Gasteiger partial charge is 0.480 e. The van der Waals surface area contributed by atoms with Crippen LogP contribution in [-0.2, 0) is 19.2 Å². The van der Waals surface area contributed by atoms with E-state index < -0.39 is 35.9 Å². The summed E-state index contributed by atoms with van der Waals surface area (Å²) < 4.78 is 0. The molecule has 2 aliphatic rings. The van der Waals surface area contributed by atoms with Gasteiger partial charge in [0.05, 0.1) is 6.54 Å². The summed E-state index contributed by atoms with van der Waals surface area (Å²) in [6.45, 7) is 0.825. The molecule has 0 bridgehead atoms. The first-order chi connectivity index (χ1) is 14.3. The average molecular weight is 425 g/mol. The highest BCUT2D eigenvalue weighted by atomic mass is 16.4. The van der Waals surface area contributed by atoms with Crippen molar-refractivity contribution in [2.45, 2.75) is 56.7 Å². The highest BCUT2D eigenvalue weighted by Gasteiger charge is 2.39. The summed E-state index contributed by atoms with van der Waals surface area (Å²) in [5.41, 5.74) is 16.0. The number of carboxylic acid groups (broad SMARTS) is 1. The molecule has 2 aliphatic heterocycles. The van der Waals surface area contributed by atoms with Crippen LogP contribution in [-0.4, -0.2) is 88.9 Å². The topological polar surface area (TPSA) is 197 Å². The molecule has 168 valence electrons. The number of likely N-dealkylation sites (tertiary alicyclic amines) is 2. The highest BCUT2D eigenvalue weighted by molar-refractivity contribution is 5.94. The van der Waals surface area contributed by atoms with Gasteiger partial charge in [-0.1, -0.05) is 0 Å². The van der Waals surface area contributed by atoms with Crippen LogP contribution in [0.3, 0.4) is 0 Å². The Morgan fingerprint density at radius 3 is 2.30 bits per heavy atom. The van der Waals surface area contributed by atoms with Crippen LogP contribution in [0.15, 0.2) is 4.99 Å². The summed E-state index contributed by atoms with van der Waals surface area (Å²) in [6.07, 6.45) is 2.75. The number of aliphatic imine (C=N–C) groups is 1. The molecule has 30 heavy (non-hydrogen) atoms. The number of carbonyl (C=O) groups is 4. The summed E-state index contributed by atoms with van der Waals surface area (Å²) in [5, 5.41) is 12.1. The van der Waals surface area contributed by atoms with Crippen LogP contribution in [0.2, 0.25) is 0 Å². The van der Waals surface area contributed by atoms with E-state index in [1.54, 1.807) is 0 Å². The molecule has 2 saturated heterocycles. The number of carboxylic acids is 1. The number of aliphatic carboxylic acids is 1. The van der Waals surface area contributed by atoms with Gasteiger partial charge in [-0.2, -0.15) is 0 Å². The molecule has 0 aromatic carbocycles. The molecule has 12 heteroatoms. The molecule has 0 unspecified atom stereocenters. The standard InChI is InChI=1S/C18H31N7O5/c19-10-14(26)24-8-2-5-12(24)15(27)23-11(4-1-7-22-18(20)21)16(28)25-9-3-6-13(25)17(29)30/h11-13H,1-10,19H2,(H,23,27)(H,29,30)(H4,20,21,22)/t11-,12-,13-/m1/s1. The van der Waals surface area contributed by atoms with Crippen LogP contribution < -0.4 is 22.5 Å². The van der Waals surface area contributed by atoms with Gasteiger partial charge >= 0.3 is 5.97 Å². The van der Waals surface area contributed by atoms with E-state index >= 15 is 0 Å². The number of nitrogens with zero attached hydrogens (tertiary/aromatic N) is 3. The molecule has 8 N–H and O–H groups in total. The van der Waals surface area contributed by atoms with Gasteiger partial charge in [0.15, 0.2) is 5.96 Å². The number of amides is 3. The Morgan fingerprint density at radius 2 is 1.70 bits per heavy atom. The number of guanidine groups is 1. The van der Waals surface area contributed by atoms with Crippen LogP contribution in [0.1, 0.15) is 38.5 Å². The second-order valence-corrected chi connectivity index (χ2v) is 7.49. The Balaban J connectivity index is 2.11. The lowest BCUT2D eigenvalue weighted by atomic mass is 10.1. The minimum Gasteiger partial charge on any atom is -0.480 e. The molecule has 0 aromatic heterocycles. The van der Waals surface area contributed by atoms with Gasteiger partial charge in [0.2, 0.25) is 17.7 Å². The van der Waals surface area contributed by atoms with Crippen molar-refractivity contribution < 1.29 is 24.3 Å². The van der Waals surface area contributed by atoms with Gasteiger partial charge in [-0.25, -0.2) is 4.79 Å². The molecule has 2 heterocycles. The normalized spacial score (nSPS) is 21.9. The highest BCUT2D eigenvalue weighted by Crippen LogP contribution is 2.21. The number of carbonyl (C=O) groups excluding carboxylic acids is 3. The van der Waals surface area contributed by atoms with Crippen molar-refractivity contribution >= 4 is 29.7 Å². The van der Waals surface area contributed by atoms with Crippen molar-refractivity contribution in [1.29, 1.82) is 0 Å². The van der Waals surface area contributed by atoms with Crippen LogP contribution >= 0.6 is 0 Å². The van der Waals surface area contributed by atoms with Crippen molar-refractivity contribution in [3.8, 4) is 0 Å². The van der Waals surface area contributed by atoms with Gasteiger partial charge in [-0.05, 0) is 38.5 Å². The first kappa shape index (κ1) is 23.4. The van der Waals surface area contributed by atoms with Crippen molar-refractivity contribution in [2.75, 3.05) is 26.2 Å². The van der Waals surface area contributed by atoms with E-state index in [1.807, 2.05) is 0 Å². The SMILES string of the molecule is NCC(=O)N1CCC[C@@H]1C(=O)N[C@H](CCCN=C(N)N)C(=O)N1CCC[C@@H]1C(=O)O. The Hall–Kier alpha value is -2.89. The molecule has 0 radical (unpaired) electrons. The lowest BCUT2D eigenvalue weighted by Crippen LogP contribution is -2.55. The Kier molecular flexibility index (Phi) is 8.39. The summed E-state index contributed by atoms with van der Waals surface area (Å²) in [5.74, 6) is -2.36. The lowest BCUT2D eigenvalue weighted by molar-refractivity contribution is -0.149. The number of nitrogens with one attached hydrogen (secondary N) is 1. The maximum Gasteiger partial charge on any atom is 0.326 e. The summed E-state index contributed by atoms with van der Waals surface area (Å²) in [4.78, 5) is 56.0. The number of nitrogens with two attached hydrogens (primary N) is 3. The predicted octanol–water partition coefficient (Wildman–Crippen LogP) is -2.45. The molecular weight excluding hydrogens is 394 g/mol. The molecule has 2 fully saturated rings. The third kappa shape index (κ3) is 5.81. The number of rotatable bonds is 9. The number of hydrogen-bond donors (Lipinski definition) is 5. The fraction of sp³-hybridized carbons (Fsp3) is 0.722. The van der Waals surface area contributed by atoms with Crippen LogP contribution in [0.5, 0.6) is 0 Å². The van der Waals surface area contributed by atoms with E-state index in [-0.39, 0.29) is 31.4 Å². The lowest BCUT2D eigenvalue weighted by Gasteiger charge is -2.29. The van der Waals surface area contributed by atoms with Gasteiger partial charge in [0.25, 0.3) is 0 Å². The molecule has 0 spiro atoms. The fourth-order valence-corrected chi connectivity index (χ4v) is 3.97. The zero-order valence-electron chi connectivity index (χ0n) is 17.0. The van der Waals surface area contributed by atoms with E-state index in [4.69, 9.17) is 17.2 Å². The second kappa shape index (κ2) is 10.8. The fourth-order valence-electron chi connectivity index (χ4n) is 3.97. The Bertz CT molecular complexity index is 694. The molecule has 3 amide bonds. The van der Waals surface area contributed by atoms with Crippen molar-refractivity contribution in [1.82, 2.24) is 15.1 Å². The van der Waals surface area contributed by atoms with Crippen molar-refractivity contribution in [3.05, 3.63) is 0 Å². The monoisotopic (exact) mass is 425 g/mol. The van der Waals surface area contributed by atoms with E-state index in [0.717, 1.165) is 0 Å². The van der Waals surface area contributed by atoms with E-state index in [9.17, 15) is 24.3 Å². The quantitative estimate of drug-likeness (QED) is 0.152. The average Bonchev–Trinajstić information content (AvgIpc) is 3.38. The Labute approximate surface area is 174 Å². The summed E-state index contributed by atoms with van der Waals surface area (Å²) in [7, 11) is 0. The molecule has 12 nitrogen and oxygen atoms in total. The molecule has 2 rings (SSSR count).